The fourth-order valence-corrected chi connectivity index (χ4v) is 2.93. The molecule has 0 N–H and O–H groups in total. The summed E-state index contributed by atoms with van der Waals surface area (Å²) in [7, 11) is 5.13. The number of ether oxygens (including phenoxy) is 4. The summed E-state index contributed by atoms with van der Waals surface area (Å²) in [6.07, 6.45) is 3.80. The molecular formula is C15H29NO4. The van der Waals surface area contributed by atoms with E-state index < -0.39 is 0 Å². The van der Waals surface area contributed by atoms with Gasteiger partial charge in [-0.3, -0.25) is 4.99 Å². The third kappa shape index (κ3) is 4.25. The molecule has 0 bridgehead atoms. The molecule has 0 aromatic heterocycles. The van der Waals surface area contributed by atoms with Crippen molar-refractivity contribution < 1.29 is 18.9 Å². The van der Waals surface area contributed by atoms with Crippen LogP contribution in [0.5, 0.6) is 0 Å². The average Bonchev–Trinajstić information content (AvgIpc) is 2.46. The molecule has 1 aliphatic rings. The average molecular weight is 287 g/mol. The lowest BCUT2D eigenvalue weighted by molar-refractivity contribution is -0.183. The van der Waals surface area contributed by atoms with Crippen LogP contribution in [0.15, 0.2) is 4.99 Å². The molecule has 1 saturated heterocycles. The van der Waals surface area contributed by atoms with Crippen molar-refractivity contribution in [2.24, 2.45) is 10.9 Å². The Morgan fingerprint density at radius 1 is 1.05 bits per heavy atom. The number of aliphatic imine (C=N–C) groups is 1. The molecule has 1 fully saturated rings. The van der Waals surface area contributed by atoms with Gasteiger partial charge in [0.2, 0.25) is 0 Å². The summed E-state index contributed by atoms with van der Waals surface area (Å²) in [6, 6.07) is -0.0158. The van der Waals surface area contributed by atoms with Gasteiger partial charge in [-0.25, -0.2) is 0 Å². The summed E-state index contributed by atoms with van der Waals surface area (Å²) in [5, 5.41) is 0. The maximum Gasteiger partial charge on any atom is 0.106 e. The van der Waals surface area contributed by atoms with E-state index in [1.54, 1.807) is 21.3 Å². The molecule has 0 radical (unpaired) electrons. The second-order valence-electron chi connectivity index (χ2n) is 5.13. The van der Waals surface area contributed by atoms with Gasteiger partial charge in [0.1, 0.15) is 12.1 Å². The van der Waals surface area contributed by atoms with Crippen molar-refractivity contribution in [2.45, 2.75) is 51.0 Å². The molecule has 0 aliphatic carbocycles. The molecule has 0 saturated carbocycles. The van der Waals surface area contributed by atoms with E-state index in [1.807, 2.05) is 6.21 Å². The monoisotopic (exact) mass is 287 g/mol. The Morgan fingerprint density at radius 2 is 1.70 bits per heavy atom. The van der Waals surface area contributed by atoms with E-state index in [0.29, 0.717) is 13.2 Å². The Morgan fingerprint density at radius 3 is 2.20 bits per heavy atom. The Kier molecular flexibility index (Phi) is 8.30. The van der Waals surface area contributed by atoms with Crippen LogP contribution >= 0.6 is 0 Å². The first kappa shape index (κ1) is 17.6. The van der Waals surface area contributed by atoms with Gasteiger partial charge in [-0.2, -0.15) is 0 Å². The van der Waals surface area contributed by atoms with Gasteiger partial charge in [0.25, 0.3) is 0 Å². The lowest BCUT2D eigenvalue weighted by Crippen LogP contribution is -2.56. The summed E-state index contributed by atoms with van der Waals surface area (Å²) >= 11 is 0. The van der Waals surface area contributed by atoms with Gasteiger partial charge in [-0.05, 0) is 19.1 Å². The van der Waals surface area contributed by atoms with Crippen LogP contribution in [-0.2, 0) is 18.9 Å². The maximum atomic E-state index is 6.17. The first-order valence-electron chi connectivity index (χ1n) is 7.41. The molecular weight excluding hydrogens is 258 g/mol. The van der Waals surface area contributed by atoms with Crippen molar-refractivity contribution in [3.63, 3.8) is 0 Å². The van der Waals surface area contributed by atoms with Crippen molar-refractivity contribution in [3.05, 3.63) is 0 Å². The molecule has 0 aromatic carbocycles. The quantitative estimate of drug-likeness (QED) is 0.640. The van der Waals surface area contributed by atoms with Crippen LogP contribution in [0.2, 0.25) is 0 Å². The van der Waals surface area contributed by atoms with Crippen LogP contribution in [0.4, 0.5) is 0 Å². The van der Waals surface area contributed by atoms with E-state index >= 15 is 0 Å². The van der Waals surface area contributed by atoms with Crippen LogP contribution in [0.1, 0.15) is 26.7 Å². The highest BCUT2D eigenvalue weighted by atomic mass is 16.6. The predicted octanol–water partition coefficient (Wildman–Crippen LogP) is 1.94. The maximum absolute atomic E-state index is 6.17. The zero-order valence-corrected chi connectivity index (χ0v) is 13.4. The second kappa shape index (κ2) is 9.45. The van der Waals surface area contributed by atoms with E-state index in [2.05, 4.69) is 18.8 Å². The van der Waals surface area contributed by atoms with E-state index in [4.69, 9.17) is 18.9 Å². The number of hydrogen-bond donors (Lipinski definition) is 0. The topological polar surface area (TPSA) is 49.3 Å². The Hall–Kier alpha value is -0.490. The molecule has 2 unspecified atom stereocenters. The number of nitrogens with zero attached hydrogens (tertiary/aromatic N) is 1. The molecule has 5 nitrogen and oxygen atoms in total. The minimum absolute atomic E-state index is 0.0158. The highest BCUT2D eigenvalue weighted by Gasteiger charge is 2.45. The van der Waals surface area contributed by atoms with Crippen LogP contribution < -0.4 is 0 Å². The third-order valence-corrected chi connectivity index (χ3v) is 3.83. The molecule has 1 aliphatic heterocycles. The van der Waals surface area contributed by atoms with Crippen molar-refractivity contribution in [2.75, 3.05) is 34.5 Å². The van der Waals surface area contributed by atoms with Crippen LogP contribution in [-0.4, -0.2) is 65.1 Å². The summed E-state index contributed by atoms with van der Waals surface area (Å²) in [5.41, 5.74) is 0. The Balaban J connectivity index is 2.95. The minimum Gasteiger partial charge on any atom is -0.382 e. The predicted molar refractivity (Wildman–Crippen MR) is 79.6 cm³/mol. The van der Waals surface area contributed by atoms with Gasteiger partial charge in [-0.1, -0.05) is 13.8 Å². The number of methoxy groups -OCH3 is 3. The number of hydrogen-bond acceptors (Lipinski definition) is 5. The molecule has 5 heteroatoms. The molecule has 20 heavy (non-hydrogen) atoms. The van der Waals surface area contributed by atoms with Gasteiger partial charge >= 0.3 is 0 Å². The molecule has 1 heterocycles. The van der Waals surface area contributed by atoms with Crippen LogP contribution in [0.3, 0.4) is 0 Å². The number of rotatable bonds is 8. The molecule has 0 spiro atoms. The normalized spacial score (nSPS) is 34.8. The fraction of sp³-hybridized carbons (Fsp3) is 0.933. The van der Waals surface area contributed by atoms with Gasteiger partial charge in [0, 0.05) is 27.2 Å². The fourth-order valence-electron chi connectivity index (χ4n) is 2.93. The molecule has 5 atom stereocenters. The van der Waals surface area contributed by atoms with Crippen molar-refractivity contribution in [3.8, 4) is 0 Å². The molecule has 118 valence electrons. The Bertz CT molecular complexity index is 285. The zero-order chi connectivity index (χ0) is 15.0. The second-order valence-corrected chi connectivity index (χ2v) is 5.13. The summed E-state index contributed by atoms with van der Waals surface area (Å²) in [4.78, 5) is 4.65. The third-order valence-electron chi connectivity index (χ3n) is 3.83. The van der Waals surface area contributed by atoms with Gasteiger partial charge in [0.15, 0.2) is 0 Å². The van der Waals surface area contributed by atoms with E-state index in [-0.39, 0.29) is 30.3 Å². The van der Waals surface area contributed by atoms with Crippen LogP contribution in [0.25, 0.3) is 0 Å². The van der Waals surface area contributed by atoms with Gasteiger partial charge in [0.05, 0.1) is 25.4 Å². The van der Waals surface area contributed by atoms with E-state index in [1.165, 1.54) is 0 Å². The smallest absolute Gasteiger partial charge is 0.106 e. The van der Waals surface area contributed by atoms with Crippen molar-refractivity contribution >= 4 is 6.21 Å². The Labute approximate surface area is 122 Å². The summed E-state index contributed by atoms with van der Waals surface area (Å²) < 4.78 is 22.5. The molecule has 0 amide bonds. The first-order valence-corrected chi connectivity index (χ1v) is 7.41. The highest BCUT2D eigenvalue weighted by molar-refractivity contribution is 5.57. The highest BCUT2D eigenvalue weighted by Crippen LogP contribution is 2.32. The van der Waals surface area contributed by atoms with Gasteiger partial charge in [-0.15, -0.1) is 0 Å². The molecule has 1 rings (SSSR count). The van der Waals surface area contributed by atoms with Gasteiger partial charge < -0.3 is 18.9 Å². The standard InChI is InChI=1S/C15H29NO4/c1-6-8-16-14-13(10-18-4)20-12(9-17-3)11(7-2)15(14)19-5/h8,11-15H,6-7,9-10H2,1-5H3/t11-,12?,13+,14?,15-/m1/s1. The SMILES string of the molecule is CCC=NC1[C@H](COC)OC(COC)[C@@H](CC)[C@H]1OC. The van der Waals surface area contributed by atoms with Crippen LogP contribution in [0, 0.1) is 5.92 Å². The summed E-state index contributed by atoms with van der Waals surface area (Å²) in [5.74, 6) is 0.284. The van der Waals surface area contributed by atoms with E-state index in [0.717, 1.165) is 12.8 Å². The van der Waals surface area contributed by atoms with Crippen molar-refractivity contribution in [1.82, 2.24) is 0 Å². The minimum atomic E-state index is -0.0873. The molecule has 0 aromatic rings. The van der Waals surface area contributed by atoms with E-state index in [9.17, 15) is 0 Å². The van der Waals surface area contributed by atoms with Crippen molar-refractivity contribution in [1.29, 1.82) is 0 Å². The zero-order valence-electron chi connectivity index (χ0n) is 13.4. The lowest BCUT2D eigenvalue weighted by Gasteiger charge is -2.44. The lowest BCUT2D eigenvalue weighted by atomic mass is 9.83. The largest absolute Gasteiger partial charge is 0.382 e. The summed E-state index contributed by atoms with van der Waals surface area (Å²) in [6.45, 7) is 5.32. The first-order chi connectivity index (χ1) is 9.73.